The van der Waals surface area contributed by atoms with Gasteiger partial charge in [0.1, 0.15) is 0 Å². The first-order valence-corrected chi connectivity index (χ1v) is 9.72. The molecule has 1 aromatic carbocycles. The van der Waals surface area contributed by atoms with Crippen LogP contribution in [0.15, 0.2) is 34.2 Å². The molecule has 1 N–H and O–H groups in total. The molecule has 5 nitrogen and oxygen atoms in total. The molecule has 0 aliphatic carbocycles. The molecule has 1 atom stereocenters. The van der Waals surface area contributed by atoms with Crippen LogP contribution in [0, 0.1) is 0 Å². The Labute approximate surface area is 159 Å². The van der Waals surface area contributed by atoms with Gasteiger partial charge in [-0.1, -0.05) is 48.3 Å². The third-order valence-corrected chi connectivity index (χ3v) is 5.53. The quantitative estimate of drug-likeness (QED) is 0.768. The number of amides is 1. The number of fused-ring (bicyclic) bond motifs is 1. The molecule has 1 aliphatic rings. The van der Waals surface area contributed by atoms with E-state index in [1.807, 2.05) is 6.92 Å². The summed E-state index contributed by atoms with van der Waals surface area (Å²) in [6, 6.07) is 6.24. The second-order valence-electron chi connectivity index (χ2n) is 5.83. The van der Waals surface area contributed by atoms with Crippen molar-refractivity contribution in [2.75, 3.05) is 11.1 Å². The molecule has 1 unspecified atom stereocenters. The van der Waals surface area contributed by atoms with E-state index in [0.717, 1.165) is 18.5 Å². The van der Waals surface area contributed by atoms with Crippen molar-refractivity contribution in [2.45, 2.75) is 37.4 Å². The van der Waals surface area contributed by atoms with Crippen molar-refractivity contribution in [1.82, 2.24) is 9.55 Å². The summed E-state index contributed by atoms with van der Waals surface area (Å²) in [4.78, 5) is 29.3. The molecule has 1 amide bonds. The molecule has 0 bridgehead atoms. The second kappa shape index (κ2) is 7.81. The zero-order chi connectivity index (χ0) is 18.0. The first-order valence-electron chi connectivity index (χ1n) is 7.98. The van der Waals surface area contributed by atoms with Gasteiger partial charge in [0.15, 0.2) is 5.16 Å². The standard InChI is InChI=1S/C17H17Cl2N3O2S/c1-2-3-11-7-16(24)22-12(9-25-17(22)20-11)8-15(23)21-14-6-10(18)4-5-13(14)19/h4-7,12H,2-3,8-9H2,1H3,(H,21,23). The van der Waals surface area contributed by atoms with Crippen molar-refractivity contribution in [3.63, 3.8) is 0 Å². The molecular formula is C17H17Cl2N3O2S. The number of nitrogens with one attached hydrogen (secondary N) is 1. The summed E-state index contributed by atoms with van der Waals surface area (Å²) < 4.78 is 1.61. The van der Waals surface area contributed by atoms with Gasteiger partial charge in [-0.25, -0.2) is 4.98 Å². The first-order chi connectivity index (χ1) is 12.0. The molecule has 2 heterocycles. The fraction of sp³-hybridized carbons (Fsp3) is 0.353. The first kappa shape index (κ1) is 18.3. The van der Waals surface area contributed by atoms with Gasteiger partial charge in [0.2, 0.25) is 5.91 Å². The van der Waals surface area contributed by atoms with Crippen LogP contribution in [0.4, 0.5) is 5.69 Å². The van der Waals surface area contributed by atoms with Crippen LogP contribution < -0.4 is 10.9 Å². The van der Waals surface area contributed by atoms with Gasteiger partial charge < -0.3 is 5.32 Å². The van der Waals surface area contributed by atoms with Gasteiger partial charge in [-0.3, -0.25) is 14.2 Å². The Kier molecular flexibility index (Phi) is 5.71. The molecule has 0 spiro atoms. The van der Waals surface area contributed by atoms with Crippen molar-refractivity contribution in [2.24, 2.45) is 0 Å². The molecule has 0 saturated heterocycles. The summed E-state index contributed by atoms with van der Waals surface area (Å²) in [6.45, 7) is 2.05. The maximum atomic E-state index is 12.4. The van der Waals surface area contributed by atoms with Gasteiger partial charge in [0.25, 0.3) is 5.56 Å². The lowest BCUT2D eigenvalue weighted by atomic mass is 10.2. The summed E-state index contributed by atoms with van der Waals surface area (Å²) in [5.41, 5.74) is 1.17. The Morgan fingerprint density at radius 3 is 2.96 bits per heavy atom. The number of benzene rings is 1. The topological polar surface area (TPSA) is 64.0 Å². The highest BCUT2D eigenvalue weighted by atomic mass is 35.5. The number of aryl methyl sites for hydroxylation is 1. The minimum absolute atomic E-state index is 0.1000. The van der Waals surface area contributed by atoms with Crippen LogP contribution in [-0.2, 0) is 11.2 Å². The zero-order valence-electron chi connectivity index (χ0n) is 13.6. The van der Waals surface area contributed by atoms with Crippen LogP contribution in [0.25, 0.3) is 0 Å². The minimum Gasteiger partial charge on any atom is -0.325 e. The summed E-state index contributed by atoms with van der Waals surface area (Å²) >= 11 is 13.5. The Hall–Kier alpha value is -1.50. The summed E-state index contributed by atoms with van der Waals surface area (Å²) in [5, 5.41) is 4.36. The van der Waals surface area contributed by atoms with Crippen molar-refractivity contribution in [3.8, 4) is 0 Å². The third kappa shape index (κ3) is 4.19. The number of nitrogens with zero attached hydrogens (tertiary/aromatic N) is 2. The van der Waals surface area contributed by atoms with Gasteiger partial charge in [0.05, 0.1) is 16.8 Å². The van der Waals surface area contributed by atoms with Crippen LogP contribution in [0.5, 0.6) is 0 Å². The SMILES string of the molecule is CCCc1cc(=O)n2c(n1)SCC2CC(=O)Nc1cc(Cl)ccc1Cl. The lowest BCUT2D eigenvalue weighted by Gasteiger charge is -2.14. The predicted molar refractivity (Wildman–Crippen MR) is 102 cm³/mol. The van der Waals surface area contributed by atoms with Gasteiger partial charge in [0, 0.05) is 29.0 Å². The minimum atomic E-state index is -0.216. The monoisotopic (exact) mass is 397 g/mol. The molecule has 1 aliphatic heterocycles. The van der Waals surface area contributed by atoms with Crippen molar-refractivity contribution in [1.29, 1.82) is 0 Å². The second-order valence-corrected chi connectivity index (χ2v) is 7.66. The van der Waals surface area contributed by atoms with Crippen molar-refractivity contribution < 1.29 is 4.79 Å². The highest BCUT2D eigenvalue weighted by molar-refractivity contribution is 7.99. The number of hydrogen-bond acceptors (Lipinski definition) is 4. The fourth-order valence-corrected chi connectivity index (χ4v) is 4.25. The van der Waals surface area contributed by atoms with E-state index < -0.39 is 0 Å². The predicted octanol–water partition coefficient (Wildman–Crippen LogP) is 4.18. The van der Waals surface area contributed by atoms with E-state index in [4.69, 9.17) is 23.2 Å². The number of carbonyl (C=O) groups is 1. The fourth-order valence-electron chi connectivity index (χ4n) is 2.74. The smallest absolute Gasteiger partial charge is 0.254 e. The van der Waals surface area contributed by atoms with E-state index in [0.29, 0.717) is 26.6 Å². The number of hydrogen-bond donors (Lipinski definition) is 1. The molecule has 8 heteroatoms. The molecule has 0 saturated carbocycles. The maximum Gasteiger partial charge on any atom is 0.254 e. The molecule has 3 rings (SSSR count). The molecule has 25 heavy (non-hydrogen) atoms. The van der Waals surface area contributed by atoms with Crippen LogP contribution >= 0.6 is 35.0 Å². The van der Waals surface area contributed by atoms with Crippen molar-refractivity contribution >= 4 is 46.6 Å². The molecule has 2 aromatic rings. The molecular weight excluding hydrogens is 381 g/mol. The van der Waals surface area contributed by atoms with Gasteiger partial charge in [-0.15, -0.1) is 0 Å². The van der Waals surface area contributed by atoms with Crippen LogP contribution in [0.1, 0.15) is 31.5 Å². The van der Waals surface area contributed by atoms with Crippen molar-refractivity contribution in [3.05, 3.63) is 50.4 Å². The van der Waals surface area contributed by atoms with Gasteiger partial charge in [-0.05, 0) is 24.6 Å². The Bertz CT molecular complexity index is 869. The number of rotatable bonds is 5. The molecule has 0 radical (unpaired) electrons. The molecule has 132 valence electrons. The molecule has 1 aromatic heterocycles. The van der Waals surface area contributed by atoms with Gasteiger partial charge in [-0.2, -0.15) is 0 Å². The third-order valence-electron chi connectivity index (χ3n) is 3.87. The Balaban J connectivity index is 1.74. The average molecular weight is 398 g/mol. The Morgan fingerprint density at radius 2 is 2.20 bits per heavy atom. The summed E-state index contributed by atoms with van der Waals surface area (Å²) in [5.74, 6) is 0.432. The average Bonchev–Trinajstić information content (AvgIpc) is 2.94. The van der Waals surface area contributed by atoms with Crippen LogP contribution in [0.3, 0.4) is 0 Å². The van der Waals surface area contributed by atoms with E-state index in [9.17, 15) is 9.59 Å². The summed E-state index contributed by atoms with van der Waals surface area (Å²) in [6.07, 6.45) is 1.90. The highest BCUT2D eigenvalue weighted by Crippen LogP contribution is 2.33. The van der Waals surface area contributed by atoms with Crippen LogP contribution in [-0.4, -0.2) is 21.2 Å². The largest absolute Gasteiger partial charge is 0.325 e. The van der Waals surface area contributed by atoms with E-state index in [2.05, 4.69) is 10.3 Å². The lowest BCUT2D eigenvalue weighted by Crippen LogP contribution is -2.27. The number of aromatic nitrogens is 2. The van der Waals surface area contributed by atoms with E-state index >= 15 is 0 Å². The van der Waals surface area contributed by atoms with Crippen LogP contribution in [0.2, 0.25) is 10.0 Å². The maximum absolute atomic E-state index is 12.4. The number of anilines is 1. The summed E-state index contributed by atoms with van der Waals surface area (Å²) in [7, 11) is 0. The normalized spacial score (nSPS) is 15.9. The van der Waals surface area contributed by atoms with E-state index in [1.165, 1.54) is 11.8 Å². The van der Waals surface area contributed by atoms with E-state index in [-0.39, 0.29) is 23.9 Å². The highest BCUT2D eigenvalue weighted by Gasteiger charge is 2.27. The number of thioether (sulfide) groups is 1. The Morgan fingerprint density at radius 1 is 1.40 bits per heavy atom. The molecule has 0 fully saturated rings. The van der Waals surface area contributed by atoms with E-state index in [1.54, 1.807) is 28.8 Å². The zero-order valence-corrected chi connectivity index (χ0v) is 15.9. The number of halogens is 2. The lowest BCUT2D eigenvalue weighted by molar-refractivity contribution is -0.116. The number of carbonyl (C=O) groups excluding carboxylic acids is 1. The van der Waals surface area contributed by atoms with Gasteiger partial charge >= 0.3 is 0 Å².